The van der Waals surface area contributed by atoms with Crippen molar-refractivity contribution in [3.8, 4) is 5.75 Å². The monoisotopic (exact) mass is 370 g/mol. The number of carbonyl (C=O) groups excluding carboxylic acids is 2. The first-order chi connectivity index (χ1) is 13.0. The lowest BCUT2D eigenvalue weighted by Gasteiger charge is -2.15. The number of hydrazine groups is 1. The molecule has 1 atom stereocenters. The van der Waals surface area contributed by atoms with Gasteiger partial charge in [-0.3, -0.25) is 25.2 Å². The van der Waals surface area contributed by atoms with E-state index < -0.39 is 29.3 Å². The zero-order valence-electron chi connectivity index (χ0n) is 14.2. The lowest BCUT2D eigenvalue weighted by Crippen LogP contribution is -2.47. The van der Waals surface area contributed by atoms with Gasteiger partial charge in [0.05, 0.1) is 5.39 Å². The van der Waals surface area contributed by atoms with E-state index in [9.17, 15) is 18.8 Å². The fourth-order valence-corrected chi connectivity index (χ4v) is 2.34. The summed E-state index contributed by atoms with van der Waals surface area (Å²) in [6.45, 7) is 1.47. The topological polar surface area (TPSA) is 113 Å². The van der Waals surface area contributed by atoms with Crippen molar-refractivity contribution in [2.45, 2.75) is 13.0 Å². The number of aromatic amines is 1. The second-order valence-electron chi connectivity index (χ2n) is 5.60. The molecule has 0 spiro atoms. The minimum absolute atomic E-state index is 0.0439. The normalized spacial score (nSPS) is 11.6. The van der Waals surface area contributed by atoms with E-state index in [0.29, 0.717) is 16.5 Å². The number of benzene rings is 2. The van der Waals surface area contributed by atoms with Crippen molar-refractivity contribution >= 4 is 22.6 Å². The van der Waals surface area contributed by atoms with E-state index in [-0.39, 0.29) is 5.69 Å². The van der Waals surface area contributed by atoms with Gasteiger partial charge < -0.3 is 4.74 Å². The Hall–Kier alpha value is -3.75. The van der Waals surface area contributed by atoms with Crippen LogP contribution < -0.4 is 21.1 Å². The summed E-state index contributed by atoms with van der Waals surface area (Å²) in [5.41, 5.74) is 3.98. The smallest absolute Gasteiger partial charge is 0.290 e. The lowest BCUT2D eigenvalue weighted by atomic mass is 10.1. The number of rotatable bonds is 4. The van der Waals surface area contributed by atoms with Crippen LogP contribution >= 0.6 is 0 Å². The number of H-pyrrole nitrogens is 1. The van der Waals surface area contributed by atoms with Crippen LogP contribution in [0, 0.1) is 5.82 Å². The second-order valence-corrected chi connectivity index (χ2v) is 5.60. The van der Waals surface area contributed by atoms with Gasteiger partial charge in [-0.25, -0.2) is 9.49 Å². The number of halogens is 1. The van der Waals surface area contributed by atoms with E-state index in [4.69, 9.17) is 4.74 Å². The molecule has 0 saturated heterocycles. The van der Waals surface area contributed by atoms with Crippen molar-refractivity contribution in [3.63, 3.8) is 0 Å². The van der Waals surface area contributed by atoms with Crippen LogP contribution in [0.5, 0.6) is 5.75 Å². The van der Waals surface area contributed by atoms with E-state index in [1.807, 2.05) is 0 Å². The number of nitrogens with zero attached hydrogens (tertiary/aromatic N) is 1. The number of nitrogens with one attached hydrogen (secondary N) is 3. The number of fused-ring (bicyclic) bond motifs is 1. The van der Waals surface area contributed by atoms with E-state index >= 15 is 0 Å². The summed E-state index contributed by atoms with van der Waals surface area (Å²) in [4.78, 5) is 36.1. The molecule has 27 heavy (non-hydrogen) atoms. The Morgan fingerprint density at radius 3 is 2.44 bits per heavy atom. The molecule has 8 nitrogen and oxygen atoms in total. The highest BCUT2D eigenvalue weighted by atomic mass is 19.1. The second kappa shape index (κ2) is 7.65. The molecule has 0 radical (unpaired) electrons. The third kappa shape index (κ3) is 4.09. The quantitative estimate of drug-likeness (QED) is 0.599. The highest BCUT2D eigenvalue weighted by Gasteiger charge is 2.18. The molecule has 0 aliphatic carbocycles. The molecule has 138 valence electrons. The first kappa shape index (κ1) is 18.1. The molecule has 0 aliphatic rings. The molecule has 3 N–H and O–H groups in total. The molecular weight excluding hydrogens is 355 g/mol. The summed E-state index contributed by atoms with van der Waals surface area (Å²) in [7, 11) is 0. The van der Waals surface area contributed by atoms with Crippen molar-refractivity contribution in [3.05, 3.63) is 70.4 Å². The van der Waals surface area contributed by atoms with Crippen LogP contribution in [0.4, 0.5) is 4.39 Å². The molecular formula is C18H15FN4O4. The van der Waals surface area contributed by atoms with Gasteiger partial charge in [-0.1, -0.05) is 18.2 Å². The summed E-state index contributed by atoms with van der Waals surface area (Å²) in [6, 6.07) is 11.6. The standard InChI is InChI=1S/C18H15FN4O4/c1-10(27-12-8-6-11(19)7-9-12)16(24)21-23-18(26)15-13-4-2-3-5-14(13)17(25)22-20-15/h2-10H,1H3,(H,21,24)(H,22,25)(H,23,26). The van der Waals surface area contributed by atoms with Crippen LogP contribution in [0.3, 0.4) is 0 Å². The minimum atomic E-state index is -0.948. The maximum Gasteiger partial charge on any atom is 0.290 e. The van der Waals surface area contributed by atoms with Gasteiger partial charge in [0.15, 0.2) is 11.8 Å². The fourth-order valence-electron chi connectivity index (χ4n) is 2.34. The Morgan fingerprint density at radius 1 is 1.07 bits per heavy atom. The van der Waals surface area contributed by atoms with Gasteiger partial charge in [-0.15, -0.1) is 0 Å². The molecule has 0 bridgehead atoms. The Morgan fingerprint density at radius 2 is 1.74 bits per heavy atom. The van der Waals surface area contributed by atoms with Crippen molar-refractivity contribution in [2.24, 2.45) is 0 Å². The maximum absolute atomic E-state index is 12.9. The number of ether oxygens (including phenoxy) is 1. The molecule has 2 aromatic carbocycles. The van der Waals surface area contributed by atoms with Gasteiger partial charge >= 0.3 is 0 Å². The number of hydrogen-bond donors (Lipinski definition) is 3. The molecule has 1 heterocycles. The summed E-state index contributed by atoms with van der Waals surface area (Å²) >= 11 is 0. The van der Waals surface area contributed by atoms with Crippen LogP contribution in [0.1, 0.15) is 17.4 Å². The van der Waals surface area contributed by atoms with Crippen molar-refractivity contribution in [1.82, 2.24) is 21.0 Å². The van der Waals surface area contributed by atoms with Gasteiger partial charge in [0.1, 0.15) is 11.6 Å². The maximum atomic E-state index is 12.9. The van der Waals surface area contributed by atoms with Crippen LogP contribution in [0.15, 0.2) is 53.3 Å². The highest BCUT2D eigenvalue weighted by Crippen LogP contribution is 2.13. The largest absolute Gasteiger partial charge is 0.481 e. The fraction of sp³-hybridized carbons (Fsp3) is 0.111. The Labute approximate surface area is 152 Å². The summed E-state index contributed by atoms with van der Waals surface area (Å²) < 4.78 is 18.2. The van der Waals surface area contributed by atoms with E-state index in [0.717, 1.165) is 0 Å². The molecule has 1 unspecified atom stereocenters. The molecule has 0 saturated carbocycles. The number of hydrogen-bond acceptors (Lipinski definition) is 5. The Kier molecular flexibility index (Phi) is 5.11. The number of amides is 2. The Bertz CT molecular complexity index is 1050. The average molecular weight is 370 g/mol. The molecule has 3 rings (SSSR count). The van der Waals surface area contributed by atoms with Gasteiger partial charge in [-0.05, 0) is 37.3 Å². The highest BCUT2D eigenvalue weighted by molar-refractivity contribution is 6.05. The first-order valence-electron chi connectivity index (χ1n) is 7.95. The third-order valence-electron chi connectivity index (χ3n) is 3.71. The summed E-state index contributed by atoms with van der Waals surface area (Å²) in [6.07, 6.45) is -0.948. The first-order valence-corrected chi connectivity index (χ1v) is 7.95. The van der Waals surface area contributed by atoms with Crippen LogP contribution in [-0.4, -0.2) is 28.1 Å². The van der Waals surface area contributed by atoms with Crippen LogP contribution in [0.25, 0.3) is 10.8 Å². The predicted octanol–water partition coefficient (Wildman–Crippen LogP) is 1.29. The van der Waals surface area contributed by atoms with Gasteiger partial charge in [-0.2, -0.15) is 5.10 Å². The van der Waals surface area contributed by atoms with Crippen molar-refractivity contribution in [1.29, 1.82) is 0 Å². The van der Waals surface area contributed by atoms with E-state index in [1.54, 1.807) is 24.3 Å². The van der Waals surface area contributed by atoms with Crippen molar-refractivity contribution in [2.75, 3.05) is 0 Å². The average Bonchev–Trinajstić information content (AvgIpc) is 2.68. The van der Waals surface area contributed by atoms with Crippen LogP contribution in [0.2, 0.25) is 0 Å². The van der Waals surface area contributed by atoms with Crippen LogP contribution in [-0.2, 0) is 4.79 Å². The predicted molar refractivity (Wildman–Crippen MR) is 94.5 cm³/mol. The van der Waals surface area contributed by atoms with E-state index in [2.05, 4.69) is 21.0 Å². The minimum Gasteiger partial charge on any atom is -0.481 e. The van der Waals surface area contributed by atoms with Gasteiger partial charge in [0.25, 0.3) is 17.4 Å². The molecule has 0 aliphatic heterocycles. The molecule has 9 heteroatoms. The number of aromatic nitrogens is 2. The van der Waals surface area contributed by atoms with E-state index in [1.165, 1.54) is 31.2 Å². The third-order valence-corrected chi connectivity index (χ3v) is 3.71. The Balaban J connectivity index is 1.65. The van der Waals surface area contributed by atoms with Crippen molar-refractivity contribution < 1.29 is 18.7 Å². The summed E-state index contributed by atoms with van der Waals surface area (Å²) in [5.74, 6) is -1.45. The summed E-state index contributed by atoms with van der Waals surface area (Å²) in [5, 5.41) is 6.63. The zero-order valence-corrected chi connectivity index (χ0v) is 14.2. The SMILES string of the molecule is CC(Oc1ccc(F)cc1)C(=O)NNC(=O)c1n[nH]c(=O)c2ccccc12. The lowest BCUT2D eigenvalue weighted by molar-refractivity contribution is -0.128. The van der Waals surface area contributed by atoms with Gasteiger partial charge in [0.2, 0.25) is 0 Å². The zero-order chi connectivity index (χ0) is 19.4. The number of carbonyl (C=O) groups is 2. The molecule has 0 fully saturated rings. The van der Waals surface area contributed by atoms with Gasteiger partial charge in [0, 0.05) is 5.39 Å². The molecule has 3 aromatic rings. The molecule has 1 aromatic heterocycles. The molecule has 2 amide bonds.